The summed E-state index contributed by atoms with van der Waals surface area (Å²) < 4.78 is 0. The van der Waals surface area contributed by atoms with Crippen LogP contribution in [0.25, 0.3) is 0 Å². The Kier molecular flexibility index (Phi) is 4.93. The molecule has 0 saturated heterocycles. The number of carboxylic acids is 1. The molecular formula is C12H17ClN2O3. The number of nitrogens with zero attached hydrogens (tertiary/aromatic N) is 1. The molecule has 1 unspecified atom stereocenters. The summed E-state index contributed by atoms with van der Waals surface area (Å²) in [6.07, 6.45) is 2.67. The first-order valence-corrected chi connectivity index (χ1v) is 6.08. The first kappa shape index (κ1) is 14.7. The summed E-state index contributed by atoms with van der Waals surface area (Å²) in [5.41, 5.74) is -0.362. The van der Waals surface area contributed by atoms with Gasteiger partial charge in [0.2, 0.25) is 0 Å². The topological polar surface area (TPSA) is 82.5 Å². The molecule has 18 heavy (non-hydrogen) atoms. The van der Waals surface area contributed by atoms with Gasteiger partial charge in [-0.1, -0.05) is 18.5 Å². The first-order chi connectivity index (χ1) is 8.43. The summed E-state index contributed by atoms with van der Waals surface area (Å²) in [7, 11) is 0. The highest BCUT2D eigenvalue weighted by atomic mass is 35.5. The number of rotatable bonds is 6. The van der Waals surface area contributed by atoms with E-state index in [2.05, 4.69) is 10.3 Å². The van der Waals surface area contributed by atoms with E-state index in [0.717, 1.165) is 6.42 Å². The monoisotopic (exact) mass is 272 g/mol. The van der Waals surface area contributed by atoms with Gasteiger partial charge in [-0.05, 0) is 25.8 Å². The van der Waals surface area contributed by atoms with Crippen LogP contribution >= 0.6 is 11.6 Å². The summed E-state index contributed by atoms with van der Waals surface area (Å²) in [4.78, 5) is 15.0. The second-order valence-corrected chi connectivity index (χ2v) is 4.72. The Morgan fingerprint density at radius 3 is 2.78 bits per heavy atom. The molecule has 1 aromatic rings. The molecule has 0 aliphatic heterocycles. The van der Waals surface area contributed by atoms with Gasteiger partial charge >= 0.3 is 5.97 Å². The standard InChI is InChI=1S/C12H17ClN2O3/c1-3-12(2,5-7-16)15-10-9(13)8(11(17)18)4-6-14-10/h4,6,16H,3,5,7H2,1-2H3,(H,14,15)(H,17,18). The maximum absolute atomic E-state index is 11.0. The van der Waals surface area contributed by atoms with Crippen LogP contribution < -0.4 is 5.32 Å². The quantitative estimate of drug-likeness (QED) is 0.741. The molecule has 0 fully saturated rings. The van der Waals surface area contributed by atoms with E-state index in [-0.39, 0.29) is 22.7 Å². The fraction of sp³-hybridized carbons (Fsp3) is 0.500. The lowest BCUT2D eigenvalue weighted by Crippen LogP contribution is -2.35. The summed E-state index contributed by atoms with van der Waals surface area (Å²) in [6, 6.07) is 1.35. The lowest BCUT2D eigenvalue weighted by atomic mass is 9.95. The van der Waals surface area contributed by atoms with Crippen LogP contribution in [-0.2, 0) is 0 Å². The molecule has 1 atom stereocenters. The largest absolute Gasteiger partial charge is 0.478 e. The van der Waals surface area contributed by atoms with Gasteiger partial charge in [-0.2, -0.15) is 0 Å². The number of hydrogen-bond donors (Lipinski definition) is 3. The van der Waals surface area contributed by atoms with E-state index < -0.39 is 5.97 Å². The molecule has 1 heterocycles. The number of aromatic carboxylic acids is 1. The molecule has 100 valence electrons. The molecule has 3 N–H and O–H groups in total. The molecule has 5 nitrogen and oxygen atoms in total. The van der Waals surface area contributed by atoms with Gasteiger partial charge in [0.05, 0.1) is 10.6 Å². The molecule has 0 aliphatic carbocycles. The summed E-state index contributed by atoms with van der Waals surface area (Å²) >= 11 is 6.00. The lowest BCUT2D eigenvalue weighted by molar-refractivity contribution is 0.0697. The third-order valence-electron chi connectivity index (χ3n) is 2.98. The minimum Gasteiger partial charge on any atom is -0.478 e. The highest BCUT2D eigenvalue weighted by Crippen LogP contribution is 2.28. The van der Waals surface area contributed by atoms with Crippen molar-refractivity contribution in [2.45, 2.75) is 32.2 Å². The maximum Gasteiger partial charge on any atom is 0.337 e. The normalized spacial score (nSPS) is 14.0. The van der Waals surface area contributed by atoms with Crippen LogP contribution in [0.1, 0.15) is 37.0 Å². The van der Waals surface area contributed by atoms with Crippen molar-refractivity contribution in [1.29, 1.82) is 0 Å². The molecular weight excluding hydrogens is 256 g/mol. The van der Waals surface area contributed by atoms with Gasteiger partial charge in [0.1, 0.15) is 5.82 Å². The fourth-order valence-electron chi connectivity index (χ4n) is 1.56. The van der Waals surface area contributed by atoms with Crippen LogP contribution in [0.15, 0.2) is 12.3 Å². The lowest BCUT2D eigenvalue weighted by Gasteiger charge is -2.30. The zero-order chi connectivity index (χ0) is 13.8. The van der Waals surface area contributed by atoms with Crippen molar-refractivity contribution < 1.29 is 15.0 Å². The van der Waals surface area contributed by atoms with E-state index in [1.807, 2.05) is 13.8 Å². The number of aliphatic hydroxyl groups excluding tert-OH is 1. The Balaban J connectivity index is 3.04. The molecule has 0 saturated carbocycles. The number of hydrogen-bond acceptors (Lipinski definition) is 4. The van der Waals surface area contributed by atoms with Gasteiger partial charge in [-0.15, -0.1) is 0 Å². The van der Waals surface area contributed by atoms with Crippen LogP contribution in [0.2, 0.25) is 5.02 Å². The van der Waals surface area contributed by atoms with Crippen LogP contribution in [-0.4, -0.2) is 33.3 Å². The molecule has 0 spiro atoms. The molecule has 0 aliphatic rings. The first-order valence-electron chi connectivity index (χ1n) is 5.70. The maximum atomic E-state index is 11.0. The Morgan fingerprint density at radius 2 is 2.28 bits per heavy atom. The number of nitrogens with one attached hydrogen (secondary N) is 1. The highest BCUT2D eigenvalue weighted by molar-refractivity contribution is 6.35. The van der Waals surface area contributed by atoms with E-state index in [9.17, 15) is 4.79 Å². The van der Waals surface area contributed by atoms with Crippen molar-refractivity contribution in [2.75, 3.05) is 11.9 Å². The third-order valence-corrected chi connectivity index (χ3v) is 3.37. The van der Waals surface area contributed by atoms with E-state index >= 15 is 0 Å². The number of carboxylic acid groups (broad SMARTS) is 1. The van der Waals surface area contributed by atoms with Gasteiger partial charge in [0.15, 0.2) is 0 Å². The van der Waals surface area contributed by atoms with Gasteiger partial charge in [-0.3, -0.25) is 0 Å². The van der Waals surface area contributed by atoms with E-state index in [0.29, 0.717) is 12.2 Å². The summed E-state index contributed by atoms with van der Waals surface area (Å²) in [5, 5.41) is 21.2. The second kappa shape index (κ2) is 6.02. The number of aliphatic hydroxyl groups is 1. The minimum absolute atomic E-state index is 0.0108. The second-order valence-electron chi connectivity index (χ2n) is 4.34. The van der Waals surface area contributed by atoms with Crippen molar-refractivity contribution in [3.05, 3.63) is 22.8 Å². The smallest absolute Gasteiger partial charge is 0.337 e. The zero-order valence-electron chi connectivity index (χ0n) is 10.4. The minimum atomic E-state index is -1.09. The molecule has 0 amide bonds. The molecule has 6 heteroatoms. The van der Waals surface area contributed by atoms with Crippen molar-refractivity contribution >= 4 is 23.4 Å². The predicted octanol–water partition coefficient (Wildman–Crippen LogP) is 2.40. The number of pyridine rings is 1. The summed E-state index contributed by atoms with van der Waals surface area (Å²) in [6.45, 7) is 3.93. The molecule has 0 radical (unpaired) electrons. The Labute approximate surface area is 111 Å². The van der Waals surface area contributed by atoms with Crippen LogP contribution in [0, 0.1) is 0 Å². The number of anilines is 1. The van der Waals surface area contributed by atoms with E-state index in [1.165, 1.54) is 12.3 Å². The molecule has 1 aromatic heterocycles. The van der Waals surface area contributed by atoms with Gasteiger partial charge < -0.3 is 15.5 Å². The Hall–Kier alpha value is -1.33. The van der Waals surface area contributed by atoms with Crippen LogP contribution in [0.4, 0.5) is 5.82 Å². The fourth-order valence-corrected chi connectivity index (χ4v) is 1.80. The van der Waals surface area contributed by atoms with Gasteiger partial charge in [-0.25, -0.2) is 9.78 Å². The number of halogens is 1. The Bertz CT molecular complexity index is 439. The number of carbonyl (C=O) groups is 1. The SMILES string of the molecule is CCC(C)(CCO)Nc1nccc(C(=O)O)c1Cl. The molecule has 0 aromatic carbocycles. The van der Waals surface area contributed by atoms with E-state index in [1.54, 1.807) is 0 Å². The predicted molar refractivity (Wildman–Crippen MR) is 70.2 cm³/mol. The van der Waals surface area contributed by atoms with Crippen LogP contribution in [0.3, 0.4) is 0 Å². The van der Waals surface area contributed by atoms with E-state index in [4.69, 9.17) is 21.8 Å². The van der Waals surface area contributed by atoms with Crippen LogP contribution in [0.5, 0.6) is 0 Å². The average molecular weight is 273 g/mol. The van der Waals surface area contributed by atoms with Crippen molar-refractivity contribution in [3.8, 4) is 0 Å². The Morgan fingerprint density at radius 1 is 1.61 bits per heavy atom. The molecule has 0 bridgehead atoms. The third kappa shape index (κ3) is 3.34. The summed E-state index contributed by atoms with van der Waals surface area (Å²) in [5.74, 6) is -0.764. The highest BCUT2D eigenvalue weighted by Gasteiger charge is 2.24. The van der Waals surface area contributed by atoms with Crippen molar-refractivity contribution in [1.82, 2.24) is 4.98 Å². The van der Waals surface area contributed by atoms with Gasteiger partial charge in [0.25, 0.3) is 0 Å². The van der Waals surface area contributed by atoms with Gasteiger partial charge in [0, 0.05) is 18.3 Å². The molecule has 1 rings (SSSR count). The number of aromatic nitrogens is 1. The zero-order valence-corrected chi connectivity index (χ0v) is 11.2. The van der Waals surface area contributed by atoms with Crippen molar-refractivity contribution in [3.63, 3.8) is 0 Å². The van der Waals surface area contributed by atoms with Crippen molar-refractivity contribution in [2.24, 2.45) is 0 Å². The average Bonchev–Trinajstić information content (AvgIpc) is 2.32.